The Kier molecular flexibility index (Phi) is 4.72. The van der Waals surface area contributed by atoms with Crippen LogP contribution < -0.4 is 4.74 Å². The number of benzene rings is 1. The van der Waals surface area contributed by atoms with Crippen LogP contribution in [0, 0.1) is 0 Å². The molecular weight excluding hydrogens is 250 g/mol. The number of hydrogen-bond acceptors (Lipinski definition) is 3. The number of aryl methyl sites for hydroxylation is 1. The summed E-state index contributed by atoms with van der Waals surface area (Å²) in [4.78, 5) is 16.7. The van der Waals surface area contributed by atoms with Gasteiger partial charge in [-0.2, -0.15) is 0 Å². The van der Waals surface area contributed by atoms with Crippen LogP contribution in [0.5, 0.6) is 5.75 Å². The van der Waals surface area contributed by atoms with Crippen molar-refractivity contribution in [2.75, 3.05) is 7.11 Å². The third kappa shape index (κ3) is 2.67. The number of methoxy groups -OCH3 is 1. The number of nitrogens with zero attached hydrogens (tertiary/aromatic N) is 1. The quantitative estimate of drug-likeness (QED) is 0.740. The fraction of sp³-hybridized carbons (Fsp3) is 0.412. The van der Waals surface area contributed by atoms with E-state index in [0.29, 0.717) is 6.42 Å². The Labute approximate surface area is 120 Å². The SMILES string of the molecule is CCCC(=O)c1cnc2c(OC)cccc2c1CCC. The van der Waals surface area contributed by atoms with Crippen LogP contribution >= 0.6 is 0 Å². The number of fused-ring (bicyclic) bond motifs is 1. The predicted octanol–water partition coefficient (Wildman–Crippen LogP) is 4.18. The molecule has 0 atom stereocenters. The summed E-state index contributed by atoms with van der Waals surface area (Å²) in [6, 6.07) is 5.88. The van der Waals surface area contributed by atoms with E-state index < -0.39 is 0 Å². The van der Waals surface area contributed by atoms with Crippen molar-refractivity contribution in [1.82, 2.24) is 4.98 Å². The normalized spacial score (nSPS) is 10.8. The zero-order chi connectivity index (χ0) is 14.5. The molecule has 1 heterocycles. The van der Waals surface area contributed by atoms with Crippen LogP contribution in [-0.4, -0.2) is 17.9 Å². The van der Waals surface area contributed by atoms with Crippen molar-refractivity contribution in [3.05, 3.63) is 35.5 Å². The fourth-order valence-corrected chi connectivity index (χ4v) is 2.54. The molecule has 0 unspecified atom stereocenters. The van der Waals surface area contributed by atoms with Gasteiger partial charge in [0.2, 0.25) is 0 Å². The Morgan fingerprint density at radius 2 is 2.05 bits per heavy atom. The number of hydrogen-bond donors (Lipinski definition) is 0. The smallest absolute Gasteiger partial charge is 0.164 e. The number of carbonyl (C=O) groups excluding carboxylic acids is 1. The van der Waals surface area contributed by atoms with Crippen LogP contribution in [-0.2, 0) is 6.42 Å². The summed E-state index contributed by atoms with van der Waals surface area (Å²) in [7, 11) is 1.64. The van der Waals surface area contributed by atoms with Crippen molar-refractivity contribution in [1.29, 1.82) is 0 Å². The lowest BCUT2D eigenvalue weighted by Crippen LogP contribution is -2.06. The van der Waals surface area contributed by atoms with Gasteiger partial charge in [-0.25, -0.2) is 0 Å². The lowest BCUT2D eigenvalue weighted by atomic mass is 9.95. The Bertz CT molecular complexity index is 620. The molecular formula is C17H21NO2. The second kappa shape index (κ2) is 6.51. The van der Waals surface area contributed by atoms with E-state index >= 15 is 0 Å². The molecule has 0 saturated carbocycles. The van der Waals surface area contributed by atoms with E-state index in [4.69, 9.17) is 4.74 Å². The van der Waals surface area contributed by atoms with Gasteiger partial charge in [0.1, 0.15) is 11.3 Å². The lowest BCUT2D eigenvalue weighted by molar-refractivity contribution is 0.0980. The van der Waals surface area contributed by atoms with Crippen LogP contribution in [0.1, 0.15) is 49.0 Å². The van der Waals surface area contributed by atoms with Crippen molar-refractivity contribution >= 4 is 16.7 Å². The molecule has 0 spiro atoms. The molecule has 1 aromatic heterocycles. The van der Waals surface area contributed by atoms with E-state index in [1.54, 1.807) is 13.3 Å². The Morgan fingerprint density at radius 1 is 1.25 bits per heavy atom. The zero-order valence-corrected chi connectivity index (χ0v) is 12.4. The molecule has 1 aromatic carbocycles. The third-order valence-corrected chi connectivity index (χ3v) is 3.47. The minimum atomic E-state index is 0.188. The molecule has 0 aliphatic heterocycles. The largest absolute Gasteiger partial charge is 0.494 e. The Balaban J connectivity index is 2.65. The standard InChI is InChI=1S/C17H21NO2/c1-4-7-12-13-9-6-10-16(20-3)17(13)18-11-14(12)15(19)8-5-2/h6,9-11H,4-5,7-8H2,1-3H3. The maximum absolute atomic E-state index is 12.3. The van der Waals surface area contributed by atoms with Crippen molar-refractivity contribution in [2.24, 2.45) is 0 Å². The first-order chi connectivity index (χ1) is 9.72. The van der Waals surface area contributed by atoms with Gasteiger partial charge in [-0.05, 0) is 24.5 Å². The molecule has 3 heteroatoms. The number of ketones is 1. The summed E-state index contributed by atoms with van der Waals surface area (Å²) in [5, 5.41) is 1.04. The van der Waals surface area contributed by atoms with Crippen LogP contribution in [0.25, 0.3) is 10.9 Å². The van der Waals surface area contributed by atoms with Crippen LogP contribution in [0.3, 0.4) is 0 Å². The molecule has 3 nitrogen and oxygen atoms in total. The van der Waals surface area contributed by atoms with Gasteiger partial charge in [0.15, 0.2) is 5.78 Å². The molecule has 0 aliphatic carbocycles. The maximum atomic E-state index is 12.3. The molecule has 0 amide bonds. The molecule has 20 heavy (non-hydrogen) atoms. The first-order valence-corrected chi connectivity index (χ1v) is 7.20. The van der Waals surface area contributed by atoms with E-state index in [1.807, 2.05) is 25.1 Å². The highest BCUT2D eigenvalue weighted by Gasteiger charge is 2.15. The van der Waals surface area contributed by atoms with Crippen LogP contribution in [0.15, 0.2) is 24.4 Å². The fourth-order valence-electron chi connectivity index (χ4n) is 2.54. The average Bonchev–Trinajstić information content (AvgIpc) is 2.47. The van der Waals surface area contributed by atoms with E-state index in [-0.39, 0.29) is 5.78 Å². The topological polar surface area (TPSA) is 39.2 Å². The summed E-state index contributed by atoms with van der Waals surface area (Å²) < 4.78 is 5.36. The maximum Gasteiger partial charge on any atom is 0.164 e. The monoisotopic (exact) mass is 271 g/mol. The van der Waals surface area contributed by atoms with Gasteiger partial charge in [-0.1, -0.05) is 32.4 Å². The zero-order valence-electron chi connectivity index (χ0n) is 12.4. The molecule has 0 radical (unpaired) electrons. The molecule has 2 rings (SSSR count). The first-order valence-electron chi connectivity index (χ1n) is 7.20. The predicted molar refractivity (Wildman–Crippen MR) is 81.5 cm³/mol. The first kappa shape index (κ1) is 14.5. The molecule has 0 fully saturated rings. The Hall–Kier alpha value is -1.90. The van der Waals surface area contributed by atoms with Crippen LogP contribution in [0.2, 0.25) is 0 Å². The summed E-state index contributed by atoms with van der Waals surface area (Å²) in [5.74, 6) is 0.947. The van der Waals surface area contributed by atoms with E-state index in [9.17, 15) is 4.79 Å². The van der Waals surface area contributed by atoms with Crippen LogP contribution in [0.4, 0.5) is 0 Å². The van der Waals surface area contributed by atoms with E-state index in [2.05, 4.69) is 11.9 Å². The van der Waals surface area contributed by atoms with Gasteiger partial charge >= 0.3 is 0 Å². The number of pyridine rings is 1. The van der Waals surface area contributed by atoms with E-state index in [0.717, 1.165) is 47.0 Å². The summed E-state index contributed by atoms with van der Waals surface area (Å²) in [6.45, 7) is 4.15. The second-order valence-electron chi connectivity index (χ2n) is 4.93. The average molecular weight is 271 g/mol. The molecule has 0 saturated heterocycles. The number of rotatable bonds is 6. The van der Waals surface area contributed by atoms with Gasteiger partial charge < -0.3 is 4.74 Å². The molecule has 0 N–H and O–H groups in total. The Morgan fingerprint density at radius 3 is 2.70 bits per heavy atom. The number of ether oxygens (including phenoxy) is 1. The van der Waals surface area contributed by atoms with Gasteiger partial charge in [0.05, 0.1) is 7.11 Å². The van der Waals surface area contributed by atoms with Gasteiger partial charge in [-0.3, -0.25) is 9.78 Å². The third-order valence-electron chi connectivity index (χ3n) is 3.47. The van der Waals surface area contributed by atoms with Crippen molar-refractivity contribution < 1.29 is 9.53 Å². The summed E-state index contributed by atoms with van der Waals surface area (Å²) in [6.07, 6.45) is 5.04. The van der Waals surface area contributed by atoms with Gasteiger partial charge in [-0.15, -0.1) is 0 Å². The number of aromatic nitrogens is 1. The number of para-hydroxylation sites is 1. The molecule has 106 valence electrons. The highest BCUT2D eigenvalue weighted by molar-refractivity contribution is 6.02. The second-order valence-corrected chi connectivity index (χ2v) is 4.93. The van der Waals surface area contributed by atoms with Crippen molar-refractivity contribution in [3.8, 4) is 5.75 Å². The minimum Gasteiger partial charge on any atom is -0.494 e. The molecule has 0 aliphatic rings. The van der Waals surface area contributed by atoms with Crippen molar-refractivity contribution in [2.45, 2.75) is 39.5 Å². The van der Waals surface area contributed by atoms with Gasteiger partial charge in [0.25, 0.3) is 0 Å². The summed E-state index contributed by atoms with van der Waals surface area (Å²) in [5.41, 5.74) is 2.72. The van der Waals surface area contributed by atoms with E-state index in [1.165, 1.54) is 0 Å². The lowest BCUT2D eigenvalue weighted by Gasteiger charge is -2.12. The minimum absolute atomic E-state index is 0.188. The van der Waals surface area contributed by atoms with Gasteiger partial charge in [0, 0.05) is 23.6 Å². The molecule has 0 bridgehead atoms. The van der Waals surface area contributed by atoms with Crippen molar-refractivity contribution in [3.63, 3.8) is 0 Å². The summed E-state index contributed by atoms with van der Waals surface area (Å²) >= 11 is 0. The highest BCUT2D eigenvalue weighted by atomic mass is 16.5. The number of Topliss-reactive ketones (excluding diaryl/α,β-unsaturated/α-hetero) is 1. The number of carbonyl (C=O) groups is 1. The highest BCUT2D eigenvalue weighted by Crippen LogP contribution is 2.29. The molecule has 2 aromatic rings.